The predicted octanol–water partition coefficient (Wildman–Crippen LogP) is 1.09. The van der Waals surface area contributed by atoms with Crippen LogP contribution in [-0.2, 0) is 0 Å². The molecule has 3 nitrogen and oxygen atoms in total. The molecular weight excluding hydrogens is 140 g/mol. The van der Waals surface area contributed by atoms with Crippen molar-refractivity contribution in [2.24, 2.45) is 0 Å². The van der Waals surface area contributed by atoms with Gasteiger partial charge in [-0.2, -0.15) is 0 Å². The third kappa shape index (κ3) is 0.852. The third-order valence-electron chi connectivity index (χ3n) is 1.62. The van der Waals surface area contributed by atoms with E-state index in [1.165, 1.54) is 4.85 Å². The van der Waals surface area contributed by atoms with Crippen LogP contribution in [0.15, 0.2) is 30.5 Å². The average Bonchev–Trinajstić information content (AvgIpc) is 2.47. The van der Waals surface area contributed by atoms with Crippen LogP contribution in [0.25, 0.3) is 10.9 Å². The number of aromatic nitrogens is 2. The summed E-state index contributed by atoms with van der Waals surface area (Å²) in [4.78, 5) is 6.47. The minimum absolute atomic E-state index is 0.995. The van der Waals surface area contributed by atoms with E-state index in [1.54, 1.807) is 13.3 Å². The van der Waals surface area contributed by atoms with Crippen molar-refractivity contribution in [2.45, 2.75) is 0 Å². The van der Waals surface area contributed by atoms with Gasteiger partial charge >= 0.3 is 0 Å². The largest absolute Gasteiger partial charge is 0.400 e. The molecule has 0 bridgehead atoms. The molecule has 0 saturated carbocycles. The van der Waals surface area contributed by atoms with Crippen LogP contribution in [0.5, 0.6) is 0 Å². The van der Waals surface area contributed by atoms with E-state index in [4.69, 9.17) is 4.84 Å². The zero-order valence-electron chi connectivity index (χ0n) is 6.19. The lowest BCUT2D eigenvalue weighted by Crippen LogP contribution is -2.06. The van der Waals surface area contributed by atoms with E-state index in [0.717, 1.165) is 10.9 Å². The Morgan fingerprint density at radius 2 is 2.18 bits per heavy atom. The van der Waals surface area contributed by atoms with Gasteiger partial charge in [0.25, 0.3) is 0 Å². The van der Waals surface area contributed by atoms with Gasteiger partial charge in [-0.15, -0.1) is 5.10 Å². The van der Waals surface area contributed by atoms with E-state index in [2.05, 4.69) is 5.10 Å². The summed E-state index contributed by atoms with van der Waals surface area (Å²) in [5, 5.41) is 5.10. The van der Waals surface area contributed by atoms with Gasteiger partial charge in [-0.25, -0.2) is 0 Å². The van der Waals surface area contributed by atoms with Gasteiger partial charge in [-0.05, 0) is 6.07 Å². The number of nitrogens with zero attached hydrogens (tertiary/aromatic N) is 2. The molecule has 3 heteroatoms. The number of hydrogen-bond acceptors (Lipinski definition) is 2. The summed E-state index contributed by atoms with van der Waals surface area (Å²) in [6.45, 7) is 0. The van der Waals surface area contributed by atoms with Gasteiger partial charge in [-0.1, -0.05) is 23.0 Å². The lowest BCUT2D eigenvalue weighted by Gasteiger charge is -1.97. The van der Waals surface area contributed by atoms with Gasteiger partial charge < -0.3 is 4.84 Å². The fourth-order valence-corrected chi connectivity index (χ4v) is 1.09. The number of fused-ring (bicyclic) bond motifs is 1. The Labute approximate surface area is 64.2 Å². The Morgan fingerprint density at radius 3 is 3.00 bits per heavy atom. The molecule has 0 aliphatic rings. The summed E-state index contributed by atoms with van der Waals surface area (Å²) in [6.07, 6.45) is 1.78. The molecule has 0 aliphatic heterocycles. The molecule has 11 heavy (non-hydrogen) atoms. The van der Waals surface area contributed by atoms with Crippen molar-refractivity contribution in [3.05, 3.63) is 30.5 Å². The van der Waals surface area contributed by atoms with Gasteiger partial charge in [-0.3, -0.25) is 0 Å². The van der Waals surface area contributed by atoms with Crippen molar-refractivity contribution in [3.63, 3.8) is 0 Å². The molecule has 0 atom stereocenters. The number of para-hydroxylation sites is 1. The van der Waals surface area contributed by atoms with Crippen LogP contribution in [0.3, 0.4) is 0 Å². The molecule has 0 aliphatic carbocycles. The Balaban J connectivity index is 2.76. The first-order chi connectivity index (χ1) is 5.42. The first kappa shape index (κ1) is 6.22. The van der Waals surface area contributed by atoms with Crippen molar-refractivity contribution < 1.29 is 4.84 Å². The van der Waals surface area contributed by atoms with E-state index in [-0.39, 0.29) is 0 Å². The maximum atomic E-state index is 4.97. The van der Waals surface area contributed by atoms with Crippen molar-refractivity contribution >= 4 is 10.9 Å². The molecular formula is C8H8N2O. The zero-order chi connectivity index (χ0) is 7.68. The van der Waals surface area contributed by atoms with Crippen molar-refractivity contribution in [1.29, 1.82) is 0 Å². The van der Waals surface area contributed by atoms with Crippen molar-refractivity contribution in [3.8, 4) is 0 Å². The zero-order valence-corrected chi connectivity index (χ0v) is 6.19. The summed E-state index contributed by atoms with van der Waals surface area (Å²) in [5.41, 5.74) is 0.995. The second-order valence-electron chi connectivity index (χ2n) is 2.26. The van der Waals surface area contributed by atoms with Crippen molar-refractivity contribution in [1.82, 2.24) is 9.94 Å². The number of benzene rings is 1. The Morgan fingerprint density at radius 1 is 1.36 bits per heavy atom. The summed E-state index contributed by atoms with van der Waals surface area (Å²) in [6, 6.07) is 7.90. The monoisotopic (exact) mass is 148 g/mol. The van der Waals surface area contributed by atoms with Gasteiger partial charge in [0.1, 0.15) is 12.6 Å². The van der Waals surface area contributed by atoms with E-state index in [1.807, 2.05) is 24.3 Å². The van der Waals surface area contributed by atoms with E-state index < -0.39 is 0 Å². The summed E-state index contributed by atoms with van der Waals surface area (Å²) in [7, 11) is 1.60. The highest BCUT2D eigenvalue weighted by Crippen LogP contribution is 2.10. The lowest BCUT2D eigenvalue weighted by molar-refractivity contribution is 0.145. The van der Waals surface area contributed by atoms with Crippen LogP contribution in [0.4, 0.5) is 0 Å². The quantitative estimate of drug-likeness (QED) is 0.605. The van der Waals surface area contributed by atoms with Crippen LogP contribution in [-0.4, -0.2) is 17.1 Å². The smallest absolute Gasteiger partial charge is 0.110 e. The molecule has 1 aromatic heterocycles. The number of hydrogen-bond donors (Lipinski definition) is 0. The third-order valence-corrected chi connectivity index (χ3v) is 1.62. The molecule has 0 amide bonds. The minimum Gasteiger partial charge on any atom is -0.400 e. The van der Waals surface area contributed by atoms with Gasteiger partial charge in [0.05, 0.1) is 6.20 Å². The van der Waals surface area contributed by atoms with Gasteiger partial charge in [0.2, 0.25) is 0 Å². The van der Waals surface area contributed by atoms with Crippen LogP contribution in [0, 0.1) is 0 Å². The predicted molar refractivity (Wildman–Crippen MR) is 42.2 cm³/mol. The average molecular weight is 148 g/mol. The normalized spacial score (nSPS) is 10.3. The highest BCUT2D eigenvalue weighted by molar-refractivity contribution is 5.77. The molecule has 1 aromatic carbocycles. The van der Waals surface area contributed by atoms with E-state index in [0.29, 0.717) is 0 Å². The second-order valence-corrected chi connectivity index (χ2v) is 2.26. The minimum atomic E-state index is 0.995. The second kappa shape index (κ2) is 2.27. The summed E-state index contributed by atoms with van der Waals surface area (Å²) < 4.78 is 0. The molecule has 0 radical (unpaired) electrons. The topological polar surface area (TPSA) is 27.1 Å². The maximum Gasteiger partial charge on any atom is 0.110 e. The Hall–Kier alpha value is -1.51. The molecule has 2 aromatic rings. The number of rotatable bonds is 1. The summed E-state index contributed by atoms with van der Waals surface area (Å²) >= 11 is 0. The van der Waals surface area contributed by atoms with Crippen LogP contribution < -0.4 is 4.84 Å². The van der Waals surface area contributed by atoms with Crippen LogP contribution in [0.2, 0.25) is 0 Å². The molecule has 0 saturated heterocycles. The van der Waals surface area contributed by atoms with E-state index in [9.17, 15) is 0 Å². The molecule has 56 valence electrons. The molecule has 1 heterocycles. The molecule has 2 rings (SSSR count). The Bertz CT molecular complexity index is 367. The highest BCUT2D eigenvalue weighted by Gasteiger charge is 1.98. The standard InChI is InChI=1S/C8H8N2O/c1-11-10-8-5-3-2-4-7(8)6-9-10/h2-6H,1H3. The van der Waals surface area contributed by atoms with Crippen LogP contribution in [0.1, 0.15) is 0 Å². The fraction of sp³-hybridized carbons (Fsp3) is 0.125. The van der Waals surface area contributed by atoms with Crippen molar-refractivity contribution in [2.75, 3.05) is 7.11 Å². The van der Waals surface area contributed by atoms with E-state index >= 15 is 0 Å². The highest BCUT2D eigenvalue weighted by atomic mass is 16.7. The molecule has 0 unspecified atom stereocenters. The SMILES string of the molecule is COn1ncc2ccccc21. The Kier molecular flexibility index (Phi) is 1.28. The van der Waals surface area contributed by atoms with Gasteiger partial charge in [0.15, 0.2) is 0 Å². The summed E-state index contributed by atoms with van der Waals surface area (Å²) in [5.74, 6) is 0. The first-order valence-corrected chi connectivity index (χ1v) is 3.39. The molecule has 0 N–H and O–H groups in total. The maximum absolute atomic E-state index is 4.97. The molecule has 0 spiro atoms. The fourth-order valence-electron chi connectivity index (χ4n) is 1.09. The lowest BCUT2D eigenvalue weighted by atomic mass is 10.3. The molecule has 0 fully saturated rings. The van der Waals surface area contributed by atoms with Gasteiger partial charge in [0, 0.05) is 5.39 Å². The van der Waals surface area contributed by atoms with Crippen LogP contribution >= 0.6 is 0 Å². The first-order valence-electron chi connectivity index (χ1n) is 3.39.